The standard InChI is InChI=1S/C14H14N6/c15-10-7-19(8-10)13-12-6-18-20(14(12)17-9-16-13)11-4-2-1-3-5-11/h1-6,9-10H,7-8,15H2. The van der Waals surface area contributed by atoms with Gasteiger partial charge in [-0.15, -0.1) is 0 Å². The molecule has 0 unspecified atom stereocenters. The van der Waals surface area contributed by atoms with E-state index >= 15 is 0 Å². The van der Waals surface area contributed by atoms with Crippen molar-refractivity contribution in [3.63, 3.8) is 0 Å². The van der Waals surface area contributed by atoms with Crippen molar-refractivity contribution in [2.45, 2.75) is 6.04 Å². The van der Waals surface area contributed by atoms with Crippen LogP contribution in [-0.4, -0.2) is 38.9 Å². The number of anilines is 1. The van der Waals surface area contributed by atoms with Gasteiger partial charge in [0.1, 0.15) is 12.1 Å². The molecular weight excluding hydrogens is 252 g/mol. The monoisotopic (exact) mass is 266 g/mol. The highest BCUT2D eigenvalue weighted by Crippen LogP contribution is 2.27. The summed E-state index contributed by atoms with van der Waals surface area (Å²) in [6.07, 6.45) is 3.41. The smallest absolute Gasteiger partial charge is 0.168 e. The number of fused-ring (bicyclic) bond motifs is 1. The summed E-state index contributed by atoms with van der Waals surface area (Å²) in [6.45, 7) is 1.67. The number of para-hydroxylation sites is 1. The second kappa shape index (κ2) is 4.28. The van der Waals surface area contributed by atoms with E-state index in [0.717, 1.165) is 35.6 Å². The molecule has 1 aromatic carbocycles. The van der Waals surface area contributed by atoms with Crippen molar-refractivity contribution in [2.24, 2.45) is 5.73 Å². The van der Waals surface area contributed by atoms with Crippen molar-refractivity contribution in [1.82, 2.24) is 19.7 Å². The summed E-state index contributed by atoms with van der Waals surface area (Å²) in [7, 11) is 0. The fourth-order valence-electron chi connectivity index (χ4n) is 2.53. The van der Waals surface area contributed by atoms with Crippen LogP contribution in [-0.2, 0) is 0 Å². The van der Waals surface area contributed by atoms with E-state index in [1.165, 1.54) is 0 Å². The largest absolute Gasteiger partial charge is 0.353 e. The quantitative estimate of drug-likeness (QED) is 0.748. The van der Waals surface area contributed by atoms with Crippen LogP contribution in [0.3, 0.4) is 0 Å². The molecule has 20 heavy (non-hydrogen) atoms. The molecule has 0 atom stereocenters. The lowest BCUT2D eigenvalue weighted by atomic mass is 10.1. The van der Waals surface area contributed by atoms with Crippen LogP contribution >= 0.6 is 0 Å². The van der Waals surface area contributed by atoms with Gasteiger partial charge in [0.25, 0.3) is 0 Å². The highest BCUT2D eigenvalue weighted by Gasteiger charge is 2.26. The molecule has 6 nitrogen and oxygen atoms in total. The fourth-order valence-corrected chi connectivity index (χ4v) is 2.53. The average Bonchev–Trinajstić information content (AvgIpc) is 2.89. The molecule has 1 aliphatic heterocycles. The Morgan fingerprint density at radius 3 is 2.65 bits per heavy atom. The van der Waals surface area contributed by atoms with Crippen molar-refractivity contribution in [1.29, 1.82) is 0 Å². The topological polar surface area (TPSA) is 72.9 Å². The number of benzene rings is 1. The first kappa shape index (κ1) is 11.4. The first-order chi connectivity index (χ1) is 9.83. The molecule has 1 fully saturated rings. The molecule has 3 heterocycles. The molecule has 1 aliphatic rings. The molecule has 2 N–H and O–H groups in total. The van der Waals surface area contributed by atoms with Gasteiger partial charge in [0, 0.05) is 19.1 Å². The van der Waals surface area contributed by atoms with Gasteiger partial charge in [-0.05, 0) is 12.1 Å². The molecule has 0 bridgehead atoms. The number of aromatic nitrogens is 4. The van der Waals surface area contributed by atoms with E-state index in [2.05, 4.69) is 20.0 Å². The van der Waals surface area contributed by atoms with Gasteiger partial charge in [-0.25, -0.2) is 14.6 Å². The Bertz CT molecular complexity index is 745. The van der Waals surface area contributed by atoms with Crippen LogP contribution in [0.1, 0.15) is 0 Å². The minimum Gasteiger partial charge on any atom is -0.353 e. The van der Waals surface area contributed by atoms with Crippen molar-refractivity contribution in [2.75, 3.05) is 18.0 Å². The summed E-state index contributed by atoms with van der Waals surface area (Å²) < 4.78 is 1.83. The summed E-state index contributed by atoms with van der Waals surface area (Å²) in [5.74, 6) is 0.916. The number of rotatable bonds is 2. The predicted molar refractivity (Wildman–Crippen MR) is 76.8 cm³/mol. The Morgan fingerprint density at radius 2 is 1.90 bits per heavy atom. The highest BCUT2D eigenvalue weighted by molar-refractivity contribution is 5.88. The van der Waals surface area contributed by atoms with E-state index in [1.54, 1.807) is 6.33 Å². The van der Waals surface area contributed by atoms with Gasteiger partial charge < -0.3 is 10.6 Å². The first-order valence-corrected chi connectivity index (χ1v) is 6.57. The Balaban J connectivity index is 1.84. The van der Waals surface area contributed by atoms with Crippen molar-refractivity contribution in [3.05, 3.63) is 42.9 Å². The third-order valence-electron chi connectivity index (χ3n) is 3.55. The zero-order valence-electron chi connectivity index (χ0n) is 10.8. The van der Waals surface area contributed by atoms with Gasteiger partial charge in [0.05, 0.1) is 17.3 Å². The summed E-state index contributed by atoms with van der Waals surface area (Å²) in [5.41, 5.74) is 7.65. The van der Waals surface area contributed by atoms with Crippen LogP contribution in [0, 0.1) is 0 Å². The van der Waals surface area contributed by atoms with Crippen LogP contribution < -0.4 is 10.6 Å². The van der Waals surface area contributed by atoms with Crippen molar-refractivity contribution >= 4 is 16.9 Å². The van der Waals surface area contributed by atoms with Gasteiger partial charge >= 0.3 is 0 Å². The molecule has 100 valence electrons. The lowest BCUT2D eigenvalue weighted by Gasteiger charge is -2.37. The zero-order valence-corrected chi connectivity index (χ0v) is 10.8. The van der Waals surface area contributed by atoms with Crippen LogP contribution in [0.25, 0.3) is 16.7 Å². The molecule has 0 saturated carbocycles. The van der Waals surface area contributed by atoms with Crippen LogP contribution in [0.15, 0.2) is 42.9 Å². The average molecular weight is 266 g/mol. The zero-order chi connectivity index (χ0) is 13.5. The van der Waals surface area contributed by atoms with Gasteiger partial charge in [-0.1, -0.05) is 18.2 Å². The van der Waals surface area contributed by atoms with Crippen LogP contribution in [0.2, 0.25) is 0 Å². The molecule has 1 saturated heterocycles. The maximum absolute atomic E-state index is 5.84. The molecule has 2 aromatic heterocycles. The van der Waals surface area contributed by atoms with Gasteiger partial charge in [-0.3, -0.25) is 0 Å². The minimum absolute atomic E-state index is 0.240. The molecule has 0 amide bonds. The third kappa shape index (κ3) is 1.65. The highest BCUT2D eigenvalue weighted by atomic mass is 15.3. The minimum atomic E-state index is 0.240. The SMILES string of the molecule is NC1CN(c2ncnc3c2cnn3-c2ccccc2)C1. The van der Waals surface area contributed by atoms with Crippen LogP contribution in [0.5, 0.6) is 0 Å². The Morgan fingerprint density at radius 1 is 1.10 bits per heavy atom. The third-order valence-corrected chi connectivity index (χ3v) is 3.55. The molecule has 0 spiro atoms. The predicted octanol–water partition coefficient (Wildman–Crippen LogP) is 0.963. The van der Waals surface area contributed by atoms with E-state index in [9.17, 15) is 0 Å². The van der Waals surface area contributed by atoms with E-state index in [0.29, 0.717) is 0 Å². The Kier molecular flexibility index (Phi) is 2.43. The molecular formula is C14H14N6. The maximum Gasteiger partial charge on any atom is 0.168 e. The lowest BCUT2D eigenvalue weighted by molar-refractivity contribution is 0.516. The van der Waals surface area contributed by atoms with E-state index in [4.69, 9.17) is 5.73 Å². The lowest BCUT2D eigenvalue weighted by Crippen LogP contribution is -2.56. The van der Waals surface area contributed by atoms with Crippen LogP contribution in [0.4, 0.5) is 5.82 Å². The number of nitrogens with zero attached hydrogens (tertiary/aromatic N) is 5. The summed E-state index contributed by atoms with van der Waals surface area (Å²) in [4.78, 5) is 10.9. The van der Waals surface area contributed by atoms with Gasteiger partial charge in [0.15, 0.2) is 5.65 Å². The molecule has 0 aliphatic carbocycles. The van der Waals surface area contributed by atoms with Gasteiger partial charge in [0.2, 0.25) is 0 Å². The second-order valence-corrected chi connectivity index (χ2v) is 4.99. The number of hydrogen-bond acceptors (Lipinski definition) is 5. The summed E-state index contributed by atoms with van der Waals surface area (Å²) in [6, 6.07) is 10.2. The van der Waals surface area contributed by atoms with Gasteiger partial charge in [-0.2, -0.15) is 5.10 Å². The van der Waals surface area contributed by atoms with Crippen molar-refractivity contribution < 1.29 is 0 Å². The molecule has 0 radical (unpaired) electrons. The molecule has 4 rings (SSSR count). The van der Waals surface area contributed by atoms with E-state index < -0.39 is 0 Å². The Labute approximate surface area is 115 Å². The first-order valence-electron chi connectivity index (χ1n) is 6.57. The normalized spacial score (nSPS) is 15.6. The van der Waals surface area contributed by atoms with E-state index in [1.807, 2.05) is 41.2 Å². The maximum atomic E-state index is 5.84. The number of nitrogens with two attached hydrogens (primary N) is 1. The van der Waals surface area contributed by atoms with E-state index in [-0.39, 0.29) is 6.04 Å². The fraction of sp³-hybridized carbons (Fsp3) is 0.214. The molecule has 3 aromatic rings. The van der Waals surface area contributed by atoms with Crippen molar-refractivity contribution in [3.8, 4) is 5.69 Å². The summed E-state index contributed by atoms with van der Waals surface area (Å²) in [5, 5.41) is 5.40. The summed E-state index contributed by atoms with van der Waals surface area (Å²) >= 11 is 0. The number of hydrogen-bond donors (Lipinski definition) is 1. The second-order valence-electron chi connectivity index (χ2n) is 4.99. The Hall–Kier alpha value is -2.47. The molecule has 6 heteroatoms.